The zero-order chi connectivity index (χ0) is 14.0. The van der Waals surface area contributed by atoms with Gasteiger partial charge in [-0.2, -0.15) is 0 Å². The van der Waals surface area contributed by atoms with E-state index in [2.05, 4.69) is 31.1 Å². The molecule has 1 aromatic rings. The summed E-state index contributed by atoms with van der Waals surface area (Å²) >= 11 is 0. The molecule has 19 heavy (non-hydrogen) atoms. The van der Waals surface area contributed by atoms with Gasteiger partial charge in [-0.05, 0) is 0 Å². The number of oxazole rings is 1. The largest absolute Gasteiger partial charge is 0.444 e. The molecule has 106 valence electrons. The molecule has 1 atom stereocenters. The van der Waals surface area contributed by atoms with E-state index in [1.807, 2.05) is 4.90 Å². The highest BCUT2D eigenvalue weighted by Gasteiger charge is 2.28. The third kappa shape index (κ3) is 3.33. The molecule has 0 spiro atoms. The molecule has 0 saturated carbocycles. The number of piperazine rings is 1. The Labute approximate surface area is 113 Å². The lowest BCUT2D eigenvalue weighted by Crippen LogP contribution is -2.56. The quantitative estimate of drug-likeness (QED) is 0.818. The topological polar surface area (TPSA) is 84.4 Å². The molecule has 6 nitrogen and oxygen atoms in total. The van der Waals surface area contributed by atoms with Crippen LogP contribution in [0.1, 0.15) is 32.4 Å². The van der Waals surface area contributed by atoms with Crippen LogP contribution in [-0.4, -0.2) is 41.5 Å². The van der Waals surface area contributed by atoms with Crippen LogP contribution in [0.2, 0.25) is 0 Å². The number of hydrogen-bond donors (Lipinski definition) is 2. The van der Waals surface area contributed by atoms with Crippen LogP contribution < -0.4 is 11.1 Å². The van der Waals surface area contributed by atoms with Gasteiger partial charge in [-0.15, -0.1) is 0 Å². The molecule has 1 unspecified atom stereocenters. The Morgan fingerprint density at radius 2 is 2.37 bits per heavy atom. The second kappa shape index (κ2) is 5.30. The maximum Gasteiger partial charge on any atom is 0.236 e. The summed E-state index contributed by atoms with van der Waals surface area (Å²) in [6, 6.07) is -0.293. The standard InChI is InChI=1S/C13H22N4O2/c1-13(2,3)10-7-16-11(19-10)8-17-5-4-15-6-9(17)12(14)18/h7,9,15H,4-6,8H2,1-3H3,(H2,14,18). The molecule has 1 amide bonds. The van der Waals surface area contributed by atoms with Gasteiger partial charge in [-0.25, -0.2) is 4.98 Å². The van der Waals surface area contributed by atoms with Crippen LogP contribution in [0.3, 0.4) is 0 Å². The number of carbonyl (C=O) groups excluding carboxylic acids is 1. The second-order valence-corrected chi connectivity index (χ2v) is 5.96. The number of hydrogen-bond acceptors (Lipinski definition) is 5. The normalized spacial score (nSPS) is 21.5. The van der Waals surface area contributed by atoms with E-state index in [1.165, 1.54) is 0 Å². The van der Waals surface area contributed by atoms with E-state index in [-0.39, 0.29) is 17.4 Å². The van der Waals surface area contributed by atoms with Crippen LogP contribution in [0.5, 0.6) is 0 Å². The van der Waals surface area contributed by atoms with Crippen LogP contribution in [0.25, 0.3) is 0 Å². The van der Waals surface area contributed by atoms with Crippen molar-refractivity contribution in [1.29, 1.82) is 0 Å². The zero-order valence-corrected chi connectivity index (χ0v) is 11.8. The molecule has 2 rings (SSSR count). The molecular formula is C13H22N4O2. The van der Waals surface area contributed by atoms with Crippen LogP contribution in [0.15, 0.2) is 10.6 Å². The summed E-state index contributed by atoms with van der Waals surface area (Å²) < 4.78 is 5.75. The Hall–Kier alpha value is -1.40. The van der Waals surface area contributed by atoms with E-state index in [0.717, 1.165) is 18.8 Å². The fraction of sp³-hybridized carbons (Fsp3) is 0.692. The minimum absolute atomic E-state index is 0.0577. The Kier molecular flexibility index (Phi) is 3.91. The Balaban J connectivity index is 2.07. The average Bonchev–Trinajstić information content (AvgIpc) is 2.77. The van der Waals surface area contributed by atoms with E-state index in [4.69, 9.17) is 10.2 Å². The van der Waals surface area contributed by atoms with Gasteiger partial charge in [0.15, 0.2) is 0 Å². The van der Waals surface area contributed by atoms with Gasteiger partial charge < -0.3 is 15.5 Å². The molecule has 0 radical (unpaired) electrons. The molecule has 6 heteroatoms. The molecule has 0 aliphatic carbocycles. The summed E-state index contributed by atoms with van der Waals surface area (Å²) in [6.07, 6.45) is 1.76. The minimum atomic E-state index is -0.310. The van der Waals surface area contributed by atoms with E-state index < -0.39 is 0 Å². The smallest absolute Gasteiger partial charge is 0.236 e. The monoisotopic (exact) mass is 266 g/mol. The summed E-state index contributed by atoms with van der Waals surface area (Å²) in [5.41, 5.74) is 5.36. The first-order valence-corrected chi connectivity index (χ1v) is 6.57. The van der Waals surface area contributed by atoms with Crippen molar-refractivity contribution in [2.45, 2.75) is 38.8 Å². The van der Waals surface area contributed by atoms with Crippen LogP contribution >= 0.6 is 0 Å². The van der Waals surface area contributed by atoms with Gasteiger partial charge in [0, 0.05) is 25.0 Å². The highest BCUT2D eigenvalue weighted by molar-refractivity contribution is 5.80. The van der Waals surface area contributed by atoms with Crippen LogP contribution in [0, 0.1) is 0 Å². The van der Waals surface area contributed by atoms with Gasteiger partial charge in [0.1, 0.15) is 11.8 Å². The van der Waals surface area contributed by atoms with Crippen molar-refractivity contribution in [2.24, 2.45) is 5.73 Å². The van der Waals surface area contributed by atoms with Gasteiger partial charge in [-0.3, -0.25) is 9.69 Å². The Morgan fingerprint density at radius 1 is 1.63 bits per heavy atom. The van der Waals surface area contributed by atoms with Crippen molar-refractivity contribution in [3.05, 3.63) is 17.8 Å². The fourth-order valence-electron chi connectivity index (χ4n) is 2.12. The number of carbonyl (C=O) groups is 1. The lowest BCUT2D eigenvalue weighted by Gasteiger charge is -2.33. The zero-order valence-electron chi connectivity index (χ0n) is 11.8. The van der Waals surface area contributed by atoms with Gasteiger partial charge >= 0.3 is 0 Å². The third-order valence-electron chi connectivity index (χ3n) is 3.31. The number of nitrogens with one attached hydrogen (secondary N) is 1. The minimum Gasteiger partial charge on any atom is -0.444 e. The first-order chi connectivity index (χ1) is 8.88. The highest BCUT2D eigenvalue weighted by atomic mass is 16.4. The molecule has 1 fully saturated rings. The molecule has 1 aliphatic heterocycles. The van der Waals surface area contributed by atoms with Gasteiger partial charge in [-0.1, -0.05) is 20.8 Å². The lowest BCUT2D eigenvalue weighted by molar-refractivity contribution is -0.124. The Bertz CT molecular complexity index is 450. The van der Waals surface area contributed by atoms with Crippen molar-refractivity contribution in [3.63, 3.8) is 0 Å². The van der Waals surface area contributed by atoms with Crippen molar-refractivity contribution in [3.8, 4) is 0 Å². The summed E-state index contributed by atoms with van der Waals surface area (Å²) in [6.45, 7) is 8.95. The number of amides is 1. The summed E-state index contributed by atoms with van der Waals surface area (Å²) in [7, 11) is 0. The van der Waals surface area contributed by atoms with Crippen molar-refractivity contribution < 1.29 is 9.21 Å². The fourth-order valence-corrected chi connectivity index (χ4v) is 2.12. The van der Waals surface area contributed by atoms with Crippen molar-refractivity contribution >= 4 is 5.91 Å². The third-order valence-corrected chi connectivity index (χ3v) is 3.31. The number of nitrogens with zero attached hydrogens (tertiary/aromatic N) is 2. The molecule has 0 aromatic carbocycles. The number of nitrogens with two attached hydrogens (primary N) is 1. The number of primary amides is 1. The summed E-state index contributed by atoms with van der Waals surface area (Å²) in [5.74, 6) is 1.18. The first-order valence-electron chi connectivity index (χ1n) is 6.57. The molecule has 1 aliphatic rings. The van der Waals surface area contributed by atoms with Crippen molar-refractivity contribution in [2.75, 3.05) is 19.6 Å². The first kappa shape index (κ1) is 14.0. The predicted octanol–water partition coefficient (Wildman–Crippen LogP) is 0.231. The molecule has 3 N–H and O–H groups in total. The second-order valence-electron chi connectivity index (χ2n) is 5.96. The summed E-state index contributed by atoms with van der Waals surface area (Å²) in [5, 5.41) is 3.17. The number of rotatable bonds is 3. The summed E-state index contributed by atoms with van der Waals surface area (Å²) in [4.78, 5) is 17.7. The lowest BCUT2D eigenvalue weighted by atomic mass is 9.94. The maximum atomic E-state index is 11.4. The van der Waals surface area contributed by atoms with E-state index in [0.29, 0.717) is 19.0 Å². The molecular weight excluding hydrogens is 244 g/mol. The molecule has 1 aromatic heterocycles. The molecule has 1 saturated heterocycles. The SMILES string of the molecule is CC(C)(C)c1cnc(CN2CCNCC2C(N)=O)o1. The van der Waals surface area contributed by atoms with Gasteiger partial charge in [0.2, 0.25) is 11.8 Å². The van der Waals surface area contributed by atoms with E-state index in [1.54, 1.807) is 6.20 Å². The number of aromatic nitrogens is 1. The van der Waals surface area contributed by atoms with Crippen LogP contribution in [0.4, 0.5) is 0 Å². The highest BCUT2D eigenvalue weighted by Crippen LogP contribution is 2.23. The van der Waals surface area contributed by atoms with E-state index >= 15 is 0 Å². The molecule has 2 heterocycles. The Morgan fingerprint density at radius 3 is 2.95 bits per heavy atom. The van der Waals surface area contributed by atoms with E-state index in [9.17, 15) is 4.79 Å². The van der Waals surface area contributed by atoms with Crippen LogP contribution in [-0.2, 0) is 16.8 Å². The van der Waals surface area contributed by atoms with Gasteiger partial charge in [0.25, 0.3) is 0 Å². The maximum absolute atomic E-state index is 11.4. The van der Waals surface area contributed by atoms with Gasteiger partial charge in [0.05, 0.1) is 12.7 Å². The average molecular weight is 266 g/mol. The molecule has 0 bridgehead atoms. The van der Waals surface area contributed by atoms with Crippen molar-refractivity contribution in [1.82, 2.24) is 15.2 Å². The predicted molar refractivity (Wildman–Crippen MR) is 71.5 cm³/mol.